The first kappa shape index (κ1) is 14.2. The molecule has 0 amide bonds. The average molecular weight is 223 g/mol. The van der Waals surface area contributed by atoms with Gasteiger partial charge in [-0.05, 0) is 24.8 Å². The molecule has 1 unspecified atom stereocenters. The summed E-state index contributed by atoms with van der Waals surface area (Å²) >= 11 is 0. The fourth-order valence-electron chi connectivity index (χ4n) is 1.19. The van der Waals surface area contributed by atoms with Crippen LogP contribution in [0, 0.1) is 0 Å². The highest BCUT2D eigenvalue weighted by atomic mass is 19.4. The molecule has 0 radical (unpaired) electrons. The Balaban J connectivity index is 4.00. The number of rotatable bonds is 6. The lowest BCUT2D eigenvalue weighted by Gasteiger charge is -2.11. The minimum absolute atomic E-state index is 0.0134. The van der Waals surface area contributed by atoms with Gasteiger partial charge in [0.1, 0.15) is 0 Å². The van der Waals surface area contributed by atoms with Crippen LogP contribution in [-0.2, 0) is 4.79 Å². The van der Waals surface area contributed by atoms with Gasteiger partial charge in [-0.2, -0.15) is 13.2 Å². The van der Waals surface area contributed by atoms with Crippen LogP contribution in [0.1, 0.15) is 32.6 Å². The van der Waals surface area contributed by atoms with Crippen LogP contribution in [0.3, 0.4) is 0 Å². The third-order valence-corrected chi connectivity index (χ3v) is 2.05. The van der Waals surface area contributed by atoms with E-state index in [-0.39, 0.29) is 12.5 Å². The quantitative estimate of drug-likeness (QED) is 0.703. The van der Waals surface area contributed by atoms with E-state index in [9.17, 15) is 18.0 Å². The molecule has 0 aromatic heterocycles. The van der Waals surface area contributed by atoms with Crippen LogP contribution in [0.2, 0.25) is 0 Å². The highest BCUT2D eigenvalue weighted by Crippen LogP contribution is 2.22. The topological polar surface area (TPSA) is 43.1 Å². The summed E-state index contributed by atoms with van der Waals surface area (Å²) in [5, 5.41) is 0. The second kappa shape index (κ2) is 5.90. The number of allylic oxidation sites excluding steroid dienone is 1. The molecule has 0 rings (SSSR count). The standard InChI is InChI=1S/C10H16F3NO/c1-3-4-8(14)6-5-7(2)9(15)10(11,12)13/h8H,2-6,14H2,1H3. The van der Waals surface area contributed by atoms with Crippen molar-refractivity contribution in [1.29, 1.82) is 0 Å². The molecule has 15 heavy (non-hydrogen) atoms. The number of alkyl halides is 3. The minimum Gasteiger partial charge on any atom is -0.328 e. The fraction of sp³-hybridized carbons (Fsp3) is 0.700. The van der Waals surface area contributed by atoms with Gasteiger partial charge in [0.2, 0.25) is 0 Å². The van der Waals surface area contributed by atoms with Gasteiger partial charge < -0.3 is 5.73 Å². The van der Waals surface area contributed by atoms with E-state index in [2.05, 4.69) is 6.58 Å². The maximum atomic E-state index is 11.9. The van der Waals surface area contributed by atoms with Crippen molar-refractivity contribution < 1.29 is 18.0 Å². The second-order valence-electron chi connectivity index (χ2n) is 3.52. The number of halogens is 3. The summed E-state index contributed by atoms with van der Waals surface area (Å²) in [7, 11) is 0. The van der Waals surface area contributed by atoms with Gasteiger partial charge in [-0.25, -0.2) is 0 Å². The Morgan fingerprint density at radius 1 is 1.40 bits per heavy atom. The number of hydrogen-bond donors (Lipinski definition) is 1. The zero-order chi connectivity index (χ0) is 12.1. The summed E-state index contributed by atoms with van der Waals surface area (Å²) in [6, 6.07) is -0.159. The first-order chi connectivity index (χ1) is 6.79. The summed E-state index contributed by atoms with van der Waals surface area (Å²) in [5.74, 6) is -1.84. The second-order valence-corrected chi connectivity index (χ2v) is 3.52. The van der Waals surface area contributed by atoms with Crippen molar-refractivity contribution in [3.8, 4) is 0 Å². The first-order valence-corrected chi connectivity index (χ1v) is 4.84. The summed E-state index contributed by atoms with van der Waals surface area (Å²) in [6.45, 7) is 5.07. The van der Waals surface area contributed by atoms with Crippen LogP contribution >= 0.6 is 0 Å². The van der Waals surface area contributed by atoms with Gasteiger partial charge >= 0.3 is 6.18 Å². The van der Waals surface area contributed by atoms with Crippen molar-refractivity contribution in [3.63, 3.8) is 0 Å². The van der Waals surface area contributed by atoms with Gasteiger partial charge in [0.05, 0.1) is 0 Å². The van der Waals surface area contributed by atoms with Gasteiger partial charge in [-0.15, -0.1) is 0 Å². The maximum Gasteiger partial charge on any atom is 0.454 e. The third kappa shape index (κ3) is 5.57. The maximum absolute atomic E-state index is 11.9. The van der Waals surface area contributed by atoms with Crippen molar-refractivity contribution in [2.75, 3.05) is 0 Å². The molecule has 88 valence electrons. The Morgan fingerprint density at radius 2 is 1.93 bits per heavy atom. The molecule has 0 spiro atoms. The number of ketones is 1. The van der Waals surface area contributed by atoms with E-state index in [0.29, 0.717) is 6.42 Å². The molecule has 0 heterocycles. The first-order valence-electron chi connectivity index (χ1n) is 4.84. The Hall–Kier alpha value is -0.840. The molecule has 0 saturated carbocycles. The average Bonchev–Trinajstić information content (AvgIpc) is 2.12. The molecular formula is C10H16F3NO. The van der Waals surface area contributed by atoms with E-state index >= 15 is 0 Å². The Bertz CT molecular complexity index is 235. The van der Waals surface area contributed by atoms with Crippen LogP contribution in [0.4, 0.5) is 13.2 Å². The summed E-state index contributed by atoms with van der Waals surface area (Å²) < 4.78 is 35.8. The van der Waals surface area contributed by atoms with E-state index in [1.54, 1.807) is 0 Å². The molecule has 0 saturated heterocycles. The molecular weight excluding hydrogens is 207 g/mol. The van der Waals surface area contributed by atoms with Crippen LogP contribution in [0.15, 0.2) is 12.2 Å². The molecule has 0 aliphatic rings. The van der Waals surface area contributed by atoms with Crippen molar-refractivity contribution in [2.24, 2.45) is 5.73 Å². The lowest BCUT2D eigenvalue weighted by atomic mass is 10.0. The lowest BCUT2D eigenvalue weighted by molar-refractivity contribution is -0.166. The van der Waals surface area contributed by atoms with Gasteiger partial charge in [0, 0.05) is 6.04 Å². The zero-order valence-electron chi connectivity index (χ0n) is 8.73. The molecule has 5 heteroatoms. The van der Waals surface area contributed by atoms with E-state index in [1.807, 2.05) is 6.92 Å². The van der Waals surface area contributed by atoms with E-state index in [4.69, 9.17) is 5.73 Å². The summed E-state index contributed by atoms with van der Waals surface area (Å²) in [6.07, 6.45) is -2.81. The monoisotopic (exact) mass is 223 g/mol. The van der Waals surface area contributed by atoms with Gasteiger partial charge in [0.25, 0.3) is 5.78 Å². The van der Waals surface area contributed by atoms with Crippen molar-refractivity contribution in [3.05, 3.63) is 12.2 Å². The van der Waals surface area contributed by atoms with Gasteiger partial charge in [-0.1, -0.05) is 19.9 Å². The molecule has 1 atom stereocenters. The predicted molar refractivity (Wildman–Crippen MR) is 52.3 cm³/mol. The Labute approximate surface area is 87.3 Å². The molecule has 2 nitrogen and oxygen atoms in total. The number of hydrogen-bond acceptors (Lipinski definition) is 2. The SMILES string of the molecule is C=C(CCC(N)CCC)C(=O)C(F)(F)F. The smallest absolute Gasteiger partial charge is 0.328 e. The number of carbonyl (C=O) groups excluding carboxylic acids is 1. The van der Waals surface area contributed by atoms with Crippen molar-refractivity contribution in [1.82, 2.24) is 0 Å². The van der Waals surface area contributed by atoms with Crippen LogP contribution < -0.4 is 5.73 Å². The van der Waals surface area contributed by atoms with Crippen molar-refractivity contribution in [2.45, 2.75) is 44.8 Å². The highest BCUT2D eigenvalue weighted by Gasteiger charge is 2.39. The van der Waals surface area contributed by atoms with Gasteiger partial charge in [0.15, 0.2) is 0 Å². The molecule has 0 aromatic rings. The van der Waals surface area contributed by atoms with E-state index in [0.717, 1.165) is 12.8 Å². The third-order valence-electron chi connectivity index (χ3n) is 2.05. The normalized spacial score (nSPS) is 13.7. The van der Waals surface area contributed by atoms with E-state index < -0.39 is 17.5 Å². The van der Waals surface area contributed by atoms with Gasteiger partial charge in [-0.3, -0.25) is 4.79 Å². The van der Waals surface area contributed by atoms with Crippen LogP contribution in [0.5, 0.6) is 0 Å². The molecule has 0 fully saturated rings. The largest absolute Gasteiger partial charge is 0.454 e. The highest BCUT2D eigenvalue weighted by molar-refractivity contribution is 5.98. The lowest BCUT2D eigenvalue weighted by Crippen LogP contribution is -2.26. The van der Waals surface area contributed by atoms with E-state index in [1.165, 1.54) is 0 Å². The number of Topliss-reactive ketones (excluding diaryl/α,β-unsaturated/α-hetero) is 1. The number of carbonyl (C=O) groups is 1. The predicted octanol–water partition coefficient (Wildman–Crippen LogP) is 2.58. The molecule has 0 aliphatic carbocycles. The van der Waals surface area contributed by atoms with Crippen molar-refractivity contribution >= 4 is 5.78 Å². The molecule has 0 bridgehead atoms. The molecule has 2 N–H and O–H groups in total. The summed E-state index contributed by atoms with van der Waals surface area (Å²) in [4.78, 5) is 10.7. The fourth-order valence-corrected chi connectivity index (χ4v) is 1.19. The summed E-state index contributed by atoms with van der Waals surface area (Å²) in [5.41, 5.74) is 5.20. The minimum atomic E-state index is -4.81. The molecule has 0 aliphatic heterocycles. The number of nitrogens with two attached hydrogens (primary N) is 1. The molecule has 0 aromatic carbocycles. The zero-order valence-corrected chi connectivity index (χ0v) is 8.73. The Morgan fingerprint density at radius 3 is 2.33 bits per heavy atom. The van der Waals surface area contributed by atoms with Crippen LogP contribution in [-0.4, -0.2) is 18.0 Å². The Kier molecular flexibility index (Phi) is 5.57. The van der Waals surface area contributed by atoms with Crippen LogP contribution in [0.25, 0.3) is 0 Å².